The van der Waals surface area contributed by atoms with Crippen molar-refractivity contribution < 1.29 is 0 Å². The maximum absolute atomic E-state index is 5.56. The van der Waals surface area contributed by atoms with E-state index >= 15 is 0 Å². The van der Waals surface area contributed by atoms with Crippen molar-refractivity contribution in [1.82, 2.24) is 15.2 Å². The quantitative estimate of drug-likeness (QED) is 0.838. The van der Waals surface area contributed by atoms with Crippen molar-refractivity contribution in [3.05, 3.63) is 16.1 Å². The molecular weight excluding hydrogens is 244 g/mol. The lowest BCUT2D eigenvalue weighted by molar-refractivity contribution is 0.278. The summed E-state index contributed by atoms with van der Waals surface area (Å²) in [4.78, 5) is 7.24. The second-order valence-electron chi connectivity index (χ2n) is 5.02. The average molecular weight is 268 g/mol. The second kappa shape index (κ2) is 7.19. The van der Waals surface area contributed by atoms with Crippen LogP contribution in [-0.2, 0) is 6.42 Å². The Kier molecular flexibility index (Phi) is 5.56. The van der Waals surface area contributed by atoms with E-state index in [4.69, 9.17) is 5.73 Å². The molecule has 1 aromatic rings. The Hall–Kier alpha value is -0.490. The molecule has 0 saturated carbocycles. The highest BCUT2D eigenvalue weighted by molar-refractivity contribution is 7.09. The highest BCUT2D eigenvalue weighted by Gasteiger charge is 2.16. The molecule has 0 amide bonds. The van der Waals surface area contributed by atoms with Gasteiger partial charge in [0.25, 0.3) is 0 Å². The van der Waals surface area contributed by atoms with E-state index in [1.54, 1.807) is 11.3 Å². The molecule has 0 radical (unpaired) electrons. The van der Waals surface area contributed by atoms with Crippen LogP contribution in [0.15, 0.2) is 5.38 Å². The molecule has 3 N–H and O–H groups in total. The molecular formula is C13H24N4S. The smallest absolute Gasteiger partial charge is 0.0969 e. The summed E-state index contributed by atoms with van der Waals surface area (Å²) in [5.74, 6) is 0.527. The largest absolute Gasteiger partial charge is 0.330 e. The third kappa shape index (κ3) is 4.02. The van der Waals surface area contributed by atoms with Crippen LogP contribution in [-0.4, -0.2) is 49.2 Å². The Balaban J connectivity index is 1.87. The molecule has 1 saturated heterocycles. The van der Waals surface area contributed by atoms with Gasteiger partial charge < -0.3 is 16.0 Å². The number of hydrogen-bond donors (Lipinski definition) is 2. The monoisotopic (exact) mass is 268 g/mol. The van der Waals surface area contributed by atoms with Crippen molar-refractivity contribution in [3.63, 3.8) is 0 Å². The Morgan fingerprint density at radius 3 is 3.22 bits per heavy atom. The molecule has 2 rings (SSSR count). The summed E-state index contributed by atoms with van der Waals surface area (Å²) >= 11 is 1.78. The predicted molar refractivity (Wildman–Crippen MR) is 77.2 cm³/mol. The first kappa shape index (κ1) is 13.9. The van der Waals surface area contributed by atoms with Crippen molar-refractivity contribution in [2.75, 3.05) is 39.3 Å². The van der Waals surface area contributed by atoms with E-state index in [0.717, 1.165) is 38.3 Å². The fourth-order valence-electron chi connectivity index (χ4n) is 2.36. The van der Waals surface area contributed by atoms with Crippen LogP contribution in [0.5, 0.6) is 0 Å². The minimum Gasteiger partial charge on any atom is -0.330 e. The Morgan fingerprint density at radius 1 is 1.50 bits per heavy atom. The number of hydrogen-bond acceptors (Lipinski definition) is 5. The summed E-state index contributed by atoms with van der Waals surface area (Å²) in [6.07, 6.45) is 2.15. The lowest BCUT2D eigenvalue weighted by Crippen LogP contribution is -2.31. The van der Waals surface area contributed by atoms with Gasteiger partial charge in [-0.2, -0.15) is 0 Å². The van der Waals surface area contributed by atoms with Crippen LogP contribution in [0.2, 0.25) is 0 Å². The molecule has 4 nitrogen and oxygen atoms in total. The number of aromatic nitrogens is 1. The van der Waals surface area contributed by atoms with Gasteiger partial charge in [-0.1, -0.05) is 6.92 Å². The minimum atomic E-state index is 0.527. The highest BCUT2D eigenvalue weighted by atomic mass is 32.1. The second-order valence-corrected chi connectivity index (χ2v) is 5.91. The number of nitrogens with zero attached hydrogens (tertiary/aromatic N) is 2. The molecule has 1 aromatic heterocycles. The van der Waals surface area contributed by atoms with E-state index in [0.29, 0.717) is 12.5 Å². The van der Waals surface area contributed by atoms with E-state index in [2.05, 4.69) is 27.5 Å². The molecule has 102 valence electrons. The standard InChI is InChI=1S/C13H24N4S/c1-11(9-17-7-2-5-15-6-8-17)13-16-12(3-4-14)10-18-13/h10-11,15H,2-9,14H2,1H3. The maximum atomic E-state index is 5.56. The van der Waals surface area contributed by atoms with Crippen LogP contribution in [0, 0.1) is 0 Å². The van der Waals surface area contributed by atoms with Crippen LogP contribution in [0.1, 0.15) is 30.0 Å². The van der Waals surface area contributed by atoms with E-state index in [-0.39, 0.29) is 0 Å². The third-order valence-electron chi connectivity index (χ3n) is 3.36. The van der Waals surface area contributed by atoms with E-state index in [9.17, 15) is 0 Å². The first-order chi connectivity index (χ1) is 8.79. The fraction of sp³-hybridized carbons (Fsp3) is 0.769. The summed E-state index contributed by atoms with van der Waals surface area (Å²) in [6, 6.07) is 0. The molecule has 1 aliphatic heterocycles. The van der Waals surface area contributed by atoms with Gasteiger partial charge in [0.2, 0.25) is 0 Å². The van der Waals surface area contributed by atoms with Gasteiger partial charge in [0.1, 0.15) is 0 Å². The Morgan fingerprint density at radius 2 is 2.39 bits per heavy atom. The van der Waals surface area contributed by atoms with E-state index in [1.165, 1.54) is 18.0 Å². The molecule has 0 aliphatic carbocycles. The van der Waals surface area contributed by atoms with Crippen molar-refractivity contribution in [3.8, 4) is 0 Å². The maximum Gasteiger partial charge on any atom is 0.0969 e. The number of thiazole rings is 1. The zero-order valence-corrected chi connectivity index (χ0v) is 12.0. The molecule has 1 atom stereocenters. The lowest BCUT2D eigenvalue weighted by Gasteiger charge is -2.22. The van der Waals surface area contributed by atoms with Gasteiger partial charge in [0, 0.05) is 37.4 Å². The molecule has 1 aliphatic rings. The number of rotatable bonds is 5. The molecule has 5 heteroatoms. The summed E-state index contributed by atoms with van der Waals surface area (Å²) in [6.45, 7) is 8.73. The van der Waals surface area contributed by atoms with Gasteiger partial charge in [-0.3, -0.25) is 0 Å². The van der Waals surface area contributed by atoms with Crippen LogP contribution in [0.4, 0.5) is 0 Å². The molecule has 1 fully saturated rings. The van der Waals surface area contributed by atoms with Crippen molar-refractivity contribution in [1.29, 1.82) is 0 Å². The normalized spacial score (nSPS) is 19.7. The average Bonchev–Trinajstić information content (AvgIpc) is 2.67. The molecule has 0 bridgehead atoms. The molecule has 0 spiro atoms. The number of nitrogens with one attached hydrogen (secondary N) is 1. The van der Waals surface area contributed by atoms with Crippen LogP contribution >= 0.6 is 11.3 Å². The van der Waals surface area contributed by atoms with Gasteiger partial charge in [0.15, 0.2) is 0 Å². The van der Waals surface area contributed by atoms with Gasteiger partial charge >= 0.3 is 0 Å². The topological polar surface area (TPSA) is 54.2 Å². The summed E-state index contributed by atoms with van der Waals surface area (Å²) < 4.78 is 0. The Bertz CT molecular complexity index is 345. The van der Waals surface area contributed by atoms with Gasteiger partial charge in [-0.15, -0.1) is 11.3 Å². The SMILES string of the molecule is CC(CN1CCCNCC1)c1nc(CCN)cs1. The highest BCUT2D eigenvalue weighted by Crippen LogP contribution is 2.21. The summed E-state index contributed by atoms with van der Waals surface area (Å²) in [5.41, 5.74) is 6.72. The fourth-order valence-corrected chi connectivity index (χ4v) is 3.27. The van der Waals surface area contributed by atoms with Crippen molar-refractivity contribution >= 4 is 11.3 Å². The summed E-state index contributed by atoms with van der Waals surface area (Å²) in [5, 5.41) is 6.86. The van der Waals surface area contributed by atoms with Crippen LogP contribution in [0.25, 0.3) is 0 Å². The first-order valence-corrected chi connectivity index (χ1v) is 7.75. The van der Waals surface area contributed by atoms with Gasteiger partial charge in [-0.25, -0.2) is 4.98 Å². The minimum absolute atomic E-state index is 0.527. The summed E-state index contributed by atoms with van der Waals surface area (Å²) in [7, 11) is 0. The predicted octanol–water partition coefficient (Wildman–Crippen LogP) is 1.04. The van der Waals surface area contributed by atoms with Crippen LogP contribution < -0.4 is 11.1 Å². The lowest BCUT2D eigenvalue weighted by atomic mass is 10.1. The van der Waals surface area contributed by atoms with Crippen molar-refractivity contribution in [2.45, 2.75) is 25.7 Å². The van der Waals surface area contributed by atoms with E-state index in [1.807, 2.05) is 0 Å². The Labute approximate surface area is 114 Å². The third-order valence-corrected chi connectivity index (χ3v) is 4.48. The molecule has 0 aromatic carbocycles. The zero-order valence-electron chi connectivity index (χ0n) is 11.2. The van der Waals surface area contributed by atoms with E-state index < -0.39 is 0 Å². The molecule has 18 heavy (non-hydrogen) atoms. The van der Waals surface area contributed by atoms with Gasteiger partial charge in [-0.05, 0) is 26.1 Å². The van der Waals surface area contributed by atoms with Gasteiger partial charge in [0.05, 0.1) is 10.7 Å². The van der Waals surface area contributed by atoms with Crippen molar-refractivity contribution in [2.24, 2.45) is 5.73 Å². The first-order valence-electron chi connectivity index (χ1n) is 6.87. The molecule has 2 heterocycles. The van der Waals surface area contributed by atoms with Crippen LogP contribution in [0.3, 0.4) is 0 Å². The zero-order chi connectivity index (χ0) is 12.8. The molecule has 1 unspecified atom stereocenters. The number of nitrogens with two attached hydrogens (primary N) is 1.